The second kappa shape index (κ2) is 9.82. The Bertz CT molecular complexity index is 848. The summed E-state index contributed by atoms with van der Waals surface area (Å²) in [6.45, 7) is 12.5. The average Bonchev–Trinajstić information content (AvgIpc) is 2.64. The van der Waals surface area contributed by atoms with Crippen molar-refractivity contribution in [1.29, 1.82) is 0 Å². The molecule has 2 aromatic rings. The molecule has 2 heteroatoms. The Morgan fingerprint density at radius 3 is 2.21 bits per heavy atom. The molecular formula is C26H34O2. The van der Waals surface area contributed by atoms with E-state index in [9.17, 15) is 9.59 Å². The average molecular weight is 379 g/mol. The number of benzene rings is 2. The molecule has 2 atom stereocenters. The lowest BCUT2D eigenvalue weighted by atomic mass is 9.88. The Balaban J connectivity index is 1.92. The van der Waals surface area contributed by atoms with Crippen LogP contribution in [0.2, 0.25) is 0 Å². The van der Waals surface area contributed by atoms with Crippen LogP contribution in [0.4, 0.5) is 0 Å². The molecule has 0 spiro atoms. The van der Waals surface area contributed by atoms with E-state index in [0.717, 1.165) is 12.0 Å². The topological polar surface area (TPSA) is 34.1 Å². The number of carbonyl (C=O) groups excluding carboxylic acids is 2. The minimum Gasteiger partial charge on any atom is -0.299 e. The highest BCUT2D eigenvalue weighted by molar-refractivity contribution is 6.00. The van der Waals surface area contributed by atoms with E-state index in [1.54, 1.807) is 0 Å². The molecule has 0 bridgehead atoms. The van der Waals surface area contributed by atoms with Gasteiger partial charge in [-0.25, -0.2) is 0 Å². The summed E-state index contributed by atoms with van der Waals surface area (Å²) in [7, 11) is 0. The number of carbonyl (C=O) groups is 2. The Kier molecular flexibility index (Phi) is 7.74. The summed E-state index contributed by atoms with van der Waals surface area (Å²) >= 11 is 0. The van der Waals surface area contributed by atoms with Gasteiger partial charge in [0.1, 0.15) is 11.6 Å². The smallest absolute Gasteiger partial charge is 0.143 e. The summed E-state index contributed by atoms with van der Waals surface area (Å²) in [6.07, 6.45) is 2.16. The van der Waals surface area contributed by atoms with Crippen molar-refractivity contribution in [1.82, 2.24) is 0 Å². The van der Waals surface area contributed by atoms with Crippen LogP contribution in [0.5, 0.6) is 0 Å². The van der Waals surface area contributed by atoms with Crippen molar-refractivity contribution in [3.05, 3.63) is 69.8 Å². The molecule has 0 aliphatic carbocycles. The van der Waals surface area contributed by atoms with Crippen molar-refractivity contribution in [3.8, 4) is 0 Å². The van der Waals surface area contributed by atoms with E-state index in [0.29, 0.717) is 12.8 Å². The number of rotatable bonds is 9. The molecule has 28 heavy (non-hydrogen) atoms. The predicted octanol–water partition coefficient (Wildman–Crippen LogP) is 6.07. The fourth-order valence-corrected chi connectivity index (χ4v) is 3.68. The lowest BCUT2D eigenvalue weighted by Gasteiger charge is -2.15. The molecule has 0 N–H and O–H groups in total. The van der Waals surface area contributed by atoms with E-state index >= 15 is 0 Å². The summed E-state index contributed by atoms with van der Waals surface area (Å²) in [5.41, 5.74) is 7.47. The van der Waals surface area contributed by atoms with Gasteiger partial charge < -0.3 is 0 Å². The molecule has 0 heterocycles. The van der Waals surface area contributed by atoms with Gasteiger partial charge in [0.15, 0.2) is 0 Å². The lowest BCUT2D eigenvalue weighted by Crippen LogP contribution is -2.18. The van der Waals surface area contributed by atoms with E-state index in [4.69, 9.17) is 0 Å². The predicted molar refractivity (Wildman–Crippen MR) is 117 cm³/mol. The van der Waals surface area contributed by atoms with Gasteiger partial charge >= 0.3 is 0 Å². The van der Waals surface area contributed by atoms with Crippen LogP contribution in [0.3, 0.4) is 0 Å². The molecule has 2 aromatic carbocycles. The van der Waals surface area contributed by atoms with Crippen molar-refractivity contribution < 1.29 is 9.59 Å². The molecule has 0 aromatic heterocycles. The first-order valence-electron chi connectivity index (χ1n) is 10.4. The third kappa shape index (κ3) is 5.89. The Morgan fingerprint density at radius 2 is 1.57 bits per heavy atom. The van der Waals surface area contributed by atoms with Gasteiger partial charge in [-0.2, -0.15) is 0 Å². The van der Waals surface area contributed by atoms with E-state index in [1.165, 1.54) is 27.8 Å². The molecule has 0 saturated heterocycles. The maximum Gasteiger partial charge on any atom is 0.143 e. The Labute approximate surface area is 170 Å². The molecule has 2 nitrogen and oxygen atoms in total. The molecule has 2 unspecified atom stereocenters. The molecule has 0 radical (unpaired) electrons. The van der Waals surface area contributed by atoms with Gasteiger partial charge in [0, 0.05) is 12.3 Å². The maximum absolute atomic E-state index is 12.6. The summed E-state index contributed by atoms with van der Waals surface area (Å²) in [6, 6.07) is 12.8. The summed E-state index contributed by atoms with van der Waals surface area (Å²) < 4.78 is 0. The van der Waals surface area contributed by atoms with Crippen LogP contribution < -0.4 is 0 Å². The first-order valence-corrected chi connectivity index (χ1v) is 10.4. The van der Waals surface area contributed by atoms with Gasteiger partial charge in [-0.05, 0) is 72.9 Å². The van der Waals surface area contributed by atoms with Gasteiger partial charge in [-0.1, -0.05) is 57.2 Å². The van der Waals surface area contributed by atoms with Crippen LogP contribution in [-0.2, 0) is 22.4 Å². The van der Waals surface area contributed by atoms with E-state index in [1.807, 2.05) is 6.92 Å². The first-order chi connectivity index (χ1) is 13.2. The van der Waals surface area contributed by atoms with E-state index in [2.05, 4.69) is 71.0 Å². The van der Waals surface area contributed by atoms with Crippen LogP contribution in [0.15, 0.2) is 36.4 Å². The third-order valence-electron chi connectivity index (χ3n) is 5.89. The highest BCUT2D eigenvalue weighted by atomic mass is 16.1. The Morgan fingerprint density at radius 1 is 0.893 bits per heavy atom. The summed E-state index contributed by atoms with van der Waals surface area (Å²) in [4.78, 5) is 25.0. The van der Waals surface area contributed by atoms with Crippen molar-refractivity contribution in [2.75, 3.05) is 0 Å². The molecule has 0 amide bonds. The number of hydrogen-bond acceptors (Lipinski definition) is 2. The highest BCUT2D eigenvalue weighted by Crippen LogP contribution is 2.24. The largest absolute Gasteiger partial charge is 0.299 e. The molecule has 2 rings (SSSR count). The van der Waals surface area contributed by atoms with Crippen molar-refractivity contribution in [3.63, 3.8) is 0 Å². The monoisotopic (exact) mass is 378 g/mol. The summed E-state index contributed by atoms with van der Waals surface area (Å²) in [5, 5.41) is 0. The molecule has 150 valence electrons. The number of Topliss-reactive ketones (excluding diaryl/α,β-unsaturated/α-hetero) is 2. The Hall–Kier alpha value is -2.22. The molecule has 0 aliphatic rings. The third-order valence-corrected chi connectivity index (χ3v) is 5.89. The maximum atomic E-state index is 12.6. The van der Waals surface area contributed by atoms with Gasteiger partial charge in [-0.15, -0.1) is 0 Å². The minimum absolute atomic E-state index is 0.0445. The standard InChI is InChI=1S/C26H34O2/c1-7-23-15-24(11-9-18(23)3)20(5)14-25(27)16-26(28)21(6)13-22-10-8-17(2)19(4)12-22/h8-12,15,20-21H,7,13-14,16H2,1-6H3. The van der Waals surface area contributed by atoms with Crippen molar-refractivity contribution in [2.45, 2.75) is 73.1 Å². The number of ketones is 2. The van der Waals surface area contributed by atoms with Crippen LogP contribution in [0, 0.1) is 26.7 Å². The first kappa shape index (κ1) is 22.1. The molecule has 0 aliphatic heterocycles. The quantitative estimate of drug-likeness (QED) is 0.496. The van der Waals surface area contributed by atoms with E-state index < -0.39 is 0 Å². The second-order valence-electron chi connectivity index (χ2n) is 8.35. The number of aryl methyl sites for hydroxylation is 4. The van der Waals surface area contributed by atoms with E-state index in [-0.39, 0.29) is 29.8 Å². The zero-order valence-electron chi connectivity index (χ0n) is 18.3. The van der Waals surface area contributed by atoms with Gasteiger partial charge in [0.05, 0.1) is 6.42 Å². The van der Waals surface area contributed by atoms with Crippen LogP contribution >= 0.6 is 0 Å². The highest BCUT2D eigenvalue weighted by Gasteiger charge is 2.20. The zero-order chi connectivity index (χ0) is 20.8. The minimum atomic E-state index is -0.132. The lowest BCUT2D eigenvalue weighted by molar-refractivity contribution is -0.129. The molecule has 0 fully saturated rings. The SMILES string of the molecule is CCc1cc(C(C)CC(=O)CC(=O)C(C)Cc2ccc(C)c(C)c2)ccc1C. The zero-order valence-corrected chi connectivity index (χ0v) is 18.3. The molecular weight excluding hydrogens is 344 g/mol. The second-order valence-corrected chi connectivity index (χ2v) is 8.35. The van der Waals surface area contributed by atoms with Crippen LogP contribution in [0.25, 0.3) is 0 Å². The van der Waals surface area contributed by atoms with Crippen molar-refractivity contribution >= 4 is 11.6 Å². The summed E-state index contributed by atoms with van der Waals surface area (Å²) in [5.74, 6) is 0.102. The van der Waals surface area contributed by atoms with Gasteiger partial charge in [0.25, 0.3) is 0 Å². The fourth-order valence-electron chi connectivity index (χ4n) is 3.68. The van der Waals surface area contributed by atoms with Gasteiger partial charge in [-0.3, -0.25) is 9.59 Å². The van der Waals surface area contributed by atoms with Crippen molar-refractivity contribution in [2.24, 2.45) is 5.92 Å². The van der Waals surface area contributed by atoms with Crippen LogP contribution in [-0.4, -0.2) is 11.6 Å². The fraction of sp³-hybridized carbons (Fsp3) is 0.462. The van der Waals surface area contributed by atoms with Gasteiger partial charge in [0.2, 0.25) is 0 Å². The molecule has 0 saturated carbocycles. The number of hydrogen-bond donors (Lipinski definition) is 0. The van der Waals surface area contributed by atoms with Crippen LogP contribution in [0.1, 0.15) is 72.9 Å². The normalized spacial score (nSPS) is 13.2.